The summed E-state index contributed by atoms with van der Waals surface area (Å²) in [5.41, 5.74) is 3.88. The number of rotatable bonds is 2. The Labute approximate surface area is 88.2 Å². The SMILES string of the molecule is Cc1ccc(C)c(-c2ncc(C=O)[nH]2)c1. The Morgan fingerprint density at radius 3 is 2.80 bits per heavy atom. The van der Waals surface area contributed by atoms with E-state index in [2.05, 4.69) is 22.1 Å². The molecule has 0 unspecified atom stereocenters. The van der Waals surface area contributed by atoms with Gasteiger partial charge in [-0.1, -0.05) is 17.7 Å². The summed E-state index contributed by atoms with van der Waals surface area (Å²) in [6.45, 7) is 4.06. The van der Waals surface area contributed by atoms with Crippen LogP contribution in [-0.2, 0) is 0 Å². The first-order valence-electron chi connectivity index (χ1n) is 4.78. The molecule has 2 aromatic rings. The molecule has 0 atom stereocenters. The molecule has 1 aromatic carbocycles. The second-order valence-corrected chi connectivity index (χ2v) is 3.62. The highest BCUT2D eigenvalue weighted by atomic mass is 16.1. The minimum Gasteiger partial charge on any atom is -0.336 e. The summed E-state index contributed by atoms with van der Waals surface area (Å²) in [6.07, 6.45) is 2.31. The standard InChI is InChI=1S/C12H12N2O/c1-8-3-4-9(2)11(5-8)12-13-6-10(7-15)14-12/h3-7H,1-2H3,(H,13,14). The number of aromatic amines is 1. The lowest BCUT2D eigenvalue weighted by Crippen LogP contribution is -1.87. The van der Waals surface area contributed by atoms with Crippen molar-refractivity contribution in [2.45, 2.75) is 13.8 Å². The Morgan fingerprint density at radius 1 is 1.33 bits per heavy atom. The number of hydrogen-bond donors (Lipinski definition) is 1. The highest BCUT2D eigenvalue weighted by Crippen LogP contribution is 2.21. The molecule has 0 saturated heterocycles. The van der Waals surface area contributed by atoms with Crippen molar-refractivity contribution in [3.63, 3.8) is 0 Å². The van der Waals surface area contributed by atoms with E-state index in [4.69, 9.17) is 0 Å². The fourth-order valence-electron chi connectivity index (χ4n) is 1.52. The molecule has 0 spiro atoms. The summed E-state index contributed by atoms with van der Waals surface area (Å²) < 4.78 is 0. The second kappa shape index (κ2) is 3.69. The average Bonchev–Trinajstić information content (AvgIpc) is 2.70. The summed E-state index contributed by atoms with van der Waals surface area (Å²) >= 11 is 0. The molecule has 0 aliphatic heterocycles. The Kier molecular flexibility index (Phi) is 2.37. The van der Waals surface area contributed by atoms with Crippen LogP contribution in [0.1, 0.15) is 21.6 Å². The van der Waals surface area contributed by atoms with E-state index in [1.54, 1.807) is 6.20 Å². The largest absolute Gasteiger partial charge is 0.336 e. The number of benzene rings is 1. The third-order valence-electron chi connectivity index (χ3n) is 2.37. The van der Waals surface area contributed by atoms with Crippen LogP contribution in [0.15, 0.2) is 24.4 Å². The summed E-state index contributed by atoms with van der Waals surface area (Å²) in [7, 11) is 0. The van der Waals surface area contributed by atoms with Crippen molar-refractivity contribution >= 4 is 6.29 Å². The van der Waals surface area contributed by atoms with Gasteiger partial charge in [-0.2, -0.15) is 0 Å². The number of hydrogen-bond acceptors (Lipinski definition) is 2. The smallest absolute Gasteiger partial charge is 0.167 e. The van der Waals surface area contributed by atoms with Gasteiger partial charge in [0.25, 0.3) is 0 Å². The first kappa shape index (κ1) is 9.65. The van der Waals surface area contributed by atoms with Crippen molar-refractivity contribution in [3.8, 4) is 11.4 Å². The molecule has 15 heavy (non-hydrogen) atoms. The molecular weight excluding hydrogens is 188 g/mol. The van der Waals surface area contributed by atoms with Crippen LogP contribution in [0.2, 0.25) is 0 Å². The molecule has 3 nitrogen and oxygen atoms in total. The highest BCUT2D eigenvalue weighted by molar-refractivity contribution is 5.73. The lowest BCUT2D eigenvalue weighted by molar-refractivity contribution is 0.111. The molecular formula is C12H12N2O. The van der Waals surface area contributed by atoms with Gasteiger partial charge in [0.1, 0.15) is 5.82 Å². The molecule has 0 amide bonds. The van der Waals surface area contributed by atoms with Gasteiger partial charge < -0.3 is 4.98 Å². The van der Waals surface area contributed by atoms with E-state index in [0.717, 1.165) is 23.2 Å². The number of aromatic nitrogens is 2. The van der Waals surface area contributed by atoms with Crippen LogP contribution >= 0.6 is 0 Å². The molecule has 0 aliphatic rings. The normalized spacial score (nSPS) is 10.3. The Morgan fingerprint density at radius 2 is 2.13 bits per heavy atom. The van der Waals surface area contributed by atoms with Crippen molar-refractivity contribution in [2.24, 2.45) is 0 Å². The maximum atomic E-state index is 10.5. The summed E-state index contributed by atoms with van der Waals surface area (Å²) in [5, 5.41) is 0. The van der Waals surface area contributed by atoms with Gasteiger partial charge in [-0.05, 0) is 25.5 Å². The molecule has 2 rings (SSSR count). The molecule has 0 bridgehead atoms. The van der Waals surface area contributed by atoms with Crippen LogP contribution in [0.25, 0.3) is 11.4 Å². The van der Waals surface area contributed by atoms with Crippen LogP contribution in [0.3, 0.4) is 0 Å². The van der Waals surface area contributed by atoms with Gasteiger partial charge in [-0.3, -0.25) is 4.79 Å². The van der Waals surface area contributed by atoms with Gasteiger partial charge in [0, 0.05) is 5.56 Å². The second-order valence-electron chi connectivity index (χ2n) is 3.62. The number of aryl methyl sites for hydroxylation is 2. The van der Waals surface area contributed by atoms with E-state index < -0.39 is 0 Å². The zero-order valence-electron chi connectivity index (χ0n) is 8.74. The quantitative estimate of drug-likeness (QED) is 0.757. The molecule has 0 fully saturated rings. The van der Waals surface area contributed by atoms with E-state index >= 15 is 0 Å². The van der Waals surface area contributed by atoms with Crippen LogP contribution < -0.4 is 0 Å². The number of aldehydes is 1. The average molecular weight is 200 g/mol. The maximum absolute atomic E-state index is 10.5. The molecule has 76 valence electrons. The Hall–Kier alpha value is -1.90. The van der Waals surface area contributed by atoms with E-state index in [9.17, 15) is 4.79 Å². The van der Waals surface area contributed by atoms with Gasteiger partial charge in [-0.25, -0.2) is 4.98 Å². The summed E-state index contributed by atoms with van der Waals surface area (Å²) in [6, 6.07) is 6.17. The number of nitrogens with zero attached hydrogens (tertiary/aromatic N) is 1. The van der Waals surface area contributed by atoms with Crippen LogP contribution in [0, 0.1) is 13.8 Å². The molecule has 0 saturated carbocycles. The van der Waals surface area contributed by atoms with Crippen molar-refractivity contribution in [1.82, 2.24) is 9.97 Å². The maximum Gasteiger partial charge on any atom is 0.167 e. The third-order valence-corrected chi connectivity index (χ3v) is 2.37. The van der Waals surface area contributed by atoms with Crippen molar-refractivity contribution in [2.75, 3.05) is 0 Å². The van der Waals surface area contributed by atoms with Crippen molar-refractivity contribution in [1.29, 1.82) is 0 Å². The zero-order chi connectivity index (χ0) is 10.8. The van der Waals surface area contributed by atoms with Crippen LogP contribution in [0.4, 0.5) is 0 Å². The van der Waals surface area contributed by atoms with E-state index in [0.29, 0.717) is 5.69 Å². The Bertz CT molecular complexity index is 500. The molecule has 0 aliphatic carbocycles. The van der Waals surface area contributed by atoms with E-state index in [1.165, 1.54) is 5.56 Å². The van der Waals surface area contributed by atoms with Gasteiger partial charge in [0.2, 0.25) is 0 Å². The summed E-state index contributed by atoms with van der Waals surface area (Å²) in [5.74, 6) is 0.748. The first-order chi connectivity index (χ1) is 7.20. The topological polar surface area (TPSA) is 45.8 Å². The number of H-pyrrole nitrogens is 1. The molecule has 1 N–H and O–H groups in total. The predicted octanol–water partition coefficient (Wildman–Crippen LogP) is 2.51. The number of nitrogens with one attached hydrogen (secondary N) is 1. The van der Waals surface area contributed by atoms with Crippen molar-refractivity contribution < 1.29 is 4.79 Å². The number of imidazole rings is 1. The third kappa shape index (κ3) is 1.81. The molecule has 0 radical (unpaired) electrons. The summed E-state index contributed by atoms with van der Waals surface area (Å²) in [4.78, 5) is 17.7. The van der Waals surface area contributed by atoms with Gasteiger partial charge in [0.05, 0.1) is 11.9 Å². The van der Waals surface area contributed by atoms with Crippen LogP contribution in [0.5, 0.6) is 0 Å². The lowest BCUT2D eigenvalue weighted by atomic mass is 10.1. The van der Waals surface area contributed by atoms with Gasteiger partial charge in [0.15, 0.2) is 6.29 Å². The van der Waals surface area contributed by atoms with Gasteiger partial charge in [-0.15, -0.1) is 0 Å². The molecule has 1 aromatic heterocycles. The Balaban J connectivity index is 2.52. The number of carbonyl (C=O) groups is 1. The van der Waals surface area contributed by atoms with E-state index in [-0.39, 0.29) is 0 Å². The fourth-order valence-corrected chi connectivity index (χ4v) is 1.52. The molecule has 1 heterocycles. The van der Waals surface area contributed by atoms with E-state index in [1.807, 2.05) is 19.9 Å². The fraction of sp³-hybridized carbons (Fsp3) is 0.167. The monoisotopic (exact) mass is 200 g/mol. The van der Waals surface area contributed by atoms with Gasteiger partial charge >= 0.3 is 0 Å². The zero-order valence-corrected chi connectivity index (χ0v) is 8.74. The minimum absolute atomic E-state index is 0.505. The predicted molar refractivity (Wildman–Crippen MR) is 58.9 cm³/mol. The lowest BCUT2D eigenvalue weighted by Gasteiger charge is -2.03. The molecule has 3 heteroatoms. The highest BCUT2D eigenvalue weighted by Gasteiger charge is 2.05. The number of carbonyl (C=O) groups excluding carboxylic acids is 1. The van der Waals surface area contributed by atoms with Crippen molar-refractivity contribution in [3.05, 3.63) is 41.2 Å². The minimum atomic E-state index is 0.505. The van der Waals surface area contributed by atoms with Crippen LogP contribution in [-0.4, -0.2) is 16.3 Å². The first-order valence-corrected chi connectivity index (χ1v) is 4.78.